The van der Waals surface area contributed by atoms with Crippen molar-refractivity contribution in [3.05, 3.63) is 30.1 Å². The van der Waals surface area contributed by atoms with Crippen molar-refractivity contribution in [2.45, 2.75) is 26.3 Å². The summed E-state index contributed by atoms with van der Waals surface area (Å²) in [6, 6.07) is 8.29. The smallest absolute Gasteiger partial charge is 0.188 e. The van der Waals surface area contributed by atoms with Crippen molar-refractivity contribution in [2.24, 2.45) is 10.7 Å². The van der Waals surface area contributed by atoms with E-state index in [4.69, 9.17) is 5.73 Å². The summed E-state index contributed by atoms with van der Waals surface area (Å²) >= 11 is 0. The van der Waals surface area contributed by atoms with Crippen molar-refractivity contribution < 1.29 is 0 Å². The normalized spacial score (nSPS) is 12.3. The van der Waals surface area contributed by atoms with Gasteiger partial charge >= 0.3 is 0 Å². The number of nitrogens with zero attached hydrogens (tertiary/aromatic N) is 2. The molecule has 0 atom stereocenters. The first kappa shape index (κ1) is 12.4. The third-order valence-electron chi connectivity index (χ3n) is 2.51. The van der Waals surface area contributed by atoms with Crippen molar-refractivity contribution in [3.63, 3.8) is 0 Å². The van der Waals surface area contributed by atoms with Crippen molar-refractivity contribution in [1.82, 2.24) is 15.3 Å². The molecule has 5 heteroatoms. The third-order valence-corrected chi connectivity index (χ3v) is 2.51. The van der Waals surface area contributed by atoms with Crippen LogP contribution in [-0.4, -0.2) is 28.5 Å². The number of aliphatic imine (C=N–C) groups is 1. The minimum atomic E-state index is 0.306. The molecule has 0 saturated heterocycles. The fourth-order valence-corrected chi connectivity index (χ4v) is 1.75. The predicted octanol–water partition coefficient (Wildman–Crippen LogP) is 1.42. The number of fused-ring (bicyclic) bond motifs is 1. The van der Waals surface area contributed by atoms with Gasteiger partial charge in [-0.05, 0) is 26.0 Å². The van der Waals surface area contributed by atoms with Crippen LogP contribution < -0.4 is 11.1 Å². The molecule has 2 rings (SSSR count). The van der Waals surface area contributed by atoms with Crippen LogP contribution in [0.5, 0.6) is 0 Å². The van der Waals surface area contributed by atoms with Crippen molar-refractivity contribution in [2.75, 3.05) is 6.54 Å². The van der Waals surface area contributed by atoms with E-state index in [2.05, 4.69) is 20.3 Å². The topological polar surface area (TPSA) is 79.1 Å². The lowest BCUT2D eigenvalue weighted by Crippen LogP contribution is -2.36. The number of hydrogen-bond acceptors (Lipinski definition) is 2. The van der Waals surface area contributed by atoms with Crippen molar-refractivity contribution >= 4 is 17.0 Å². The molecule has 0 spiro atoms. The molecule has 96 valence electrons. The van der Waals surface area contributed by atoms with Crippen LogP contribution in [0.15, 0.2) is 29.3 Å². The van der Waals surface area contributed by atoms with Gasteiger partial charge in [-0.25, -0.2) is 4.98 Å². The SMILES string of the molecule is CC(C)NC(N)=NCCc1nc2ccccc2[nH]1. The lowest BCUT2D eigenvalue weighted by atomic mass is 10.3. The summed E-state index contributed by atoms with van der Waals surface area (Å²) in [5.41, 5.74) is 7.77. The molecule has 0 aliphatic heterocycles. The molecule has 0 fully saturated rings. The van der Waals surface area contributed by atoms with Crippen LogP contribution in [0, 0.1) is 0 Å². The Labute approximate surface area is 107 Å². The van der Waals surface area contributed by atoms with E-state index in [1.165, 1.54) is 0 Å². The molecule has 18 heavy (non-hydrogen) atoms. The lowest BCUT2D eigenvalue weighted by Gasteiger charge is -2.07. The summed E-state index contributed by atoms with van der Waals surface area (Å²) in [4.78, 5) is 12.0. The van der Waals surface area contributed by atoms with Gasteiger partial charge in [-0.1, -0.05) is 12.1 Å². The third kappa shape index (κ3) is 3.23. The van der Waals surface area contributed by atoms with E-state index in [9.17, 15) is 0 Å². The van der Waals surface area contributed by atoms with Crippen LogP contribution in [0.1, 0.15) is 19.7 Å². The molecule has 1 aromatic heterocycles. The number of rotatable bonds is 4. The zero-order chi connectivity index (χ0) is 13.0. The molecule has 5 nitrogen and oxygen atoms in total. The molecule has 0 aliphatic carbocycles. The van der Waals surface area contributed by atoms with E-state index in [1.807, 2.05) is 38.1 Å². The molecule has 1 heterocycles. The summed E-state index contributed by atoms with van der Waals surface area (Å²) in [5.74, 6) is 1.43. The number of aromatic nitrogens is 2. The molecule has 0 radical (unpaired) electrons. The largest absolute Gasteiger partial charge is 0.370 e. The molecule has 0 amide bonds. The van der Waals surface area contributed by atoms with E-state index in [0.717, 1.165) is 23.3 Å². The van der Waals surface area contributed by atoms with Crippen LogP contribution in [0.4, 0.5) is 0 Å². The maximum absolute atomic E-state index is 5.72. The highest BCUT2D eigenvalue weighted by atomic mass is 15.1. The number of para-hydroxylation sites is 2. The average molecular weight is 245 g/mol. The summed E-state index contributed by atoms with van der Waals surface area (Å²) in [5, 5.41) is 3.05. The van der Waals surface area contributed by atoms with Crippen molar-refractivity contribution in [3.8, 4) is 0 Å². The van der Waals surface area contributed by atoms with E-state index in [1.54, 1.807) is 0 Å². The van der Waals surface area contributed by atoms with E-state index in [0.29, 0.717) is 18.5 Å². The molecule has 0 bridgehead atoms. The van der Waals surface area contributed by atoms with Crippen LogP contribution in [0.3, 0.4) is 0 Å². The minimum Gasteiger partial charge on any atom is -0.370 e. The summed E-state index contributed by atoms with van der Waals surface area (Å²) in [7, 11) is 0. The number of imidazole rings is 1. The van der Waals surface area contributed by atoms with Crippen LogP contribution in [-0.2, 0) is 6.42 Å². The van der Waals surface area contributed by atoms with Gasteiger partial charge in [-0.3, -0.25) is 4.99 Å². The summed E-state index contributed by atoms with van der Waals surface area (Å²) < 4.78 is 0. The zero-order valence-electron chi connectivity index (χ0n) is 10.8. The van der Waals surface area contributed by atoms with Gasteiger partial charge in [0.1, 0.15) is 5.82 Å². The summed E-state index contributed by atoms with van der Waals surface area (Å²) in [6.07, 6.45) is 0.759. The fraction of sp³-hybridized carbons (Fsp3) is 0.385. The first-order chi connectivity index (χ1) is 8.65. The molecule has 0 unspecified atom stereocenters. The number of nitrogens with two attached hydrogens (primary N) is 1. The highest BCUT2D eigenvalue weighted by Gasteiger charge is 2.01. The average Bonchev–Trinajstić information content (AvgIpc) is 2.70. The highest BCUT2D eigenvalue weighted by molar-refractivity contribution is 5.78. The Morgan fingerprint density at radius 3 is 2.94 bits per heavy atom. The van der Waals surface area contributed by atoms with Gasteiger partial charge in [-0.2, -0.15) is 0 Å². The molecule has 2 aromatic rings. The number of hydrogen-bond donors (Lipinski definition) is 3. The quantitative estimate of drug-likeness (QED) is 0.563. The minimum absolute atomic E-state index is 0.306. The van der Waals surface area contributed by atoms with Crippen LogP contribution >= 0.6 is 0 Å². The van der Waals surface area contributed by atoms with E-state index in [-0.39, 0.29) is 0 Å². The Bertz CT molecular complexity index is 508. The van der Waals surface area contributed by atoms with Crippen LogP contribution in [0.25, 0.3) is 11.0 Å². The standard InChI is InChI=1S/C13H19N5/c1-9(2)16-13(14)15-8-7-12-17-10-5-3-4-6-11(10)18-12/h3-6,9H,7-8H2,1-2H3,(H,17,18)(H3,14,15,16). The Hall–Kier alpha value is -2.04. The molecular weight excluding hydrogens is 226 g/mol. The fourth-order valence-electron chi connectivity index (χ4n) is 1.75. The number of nitrogens with one attached hydrogen (secondary N) is 2. The maximum atomic E-state index is 5.72. The van der Waals surface area contributed by atoms with Crippen molar-refractivity contribution in [1.29, 1.82) is 0 Å². The van der Waals surface area contributed by atoms with Gasteiger partial charge in [0.25, 0.3) is 0 Å². The Balaban J connectivity index is 1.94. The Morgan fingerprint density at radius 2 is 2.22 bits per heavy atom. The number of H-pyrrole nitrogens is 1. The first-order valence-corrected chi connectivity index (χ1v) is 6.15. The molecule has 0 saturated carbocycles. The first-order valence-electron chi connectivity index (χ1n) is 6.15. The van der Waals surface area contributed by atoms with Crippen LogP contribution in [0.2, 0.25) is 0 Å². The predicted molar refractivity (Wildman–Crippen MR) is 74.6 cm³/mol. The van der Waals surface area contributed by atoms with Gasteiger partial charge in [0.05, 0.1) is 11.0 Å². The number of aromatic amines is 1. The van der Waals surface area contributed by atoms with Gasteiger partial charge < -0.3 is 16.0 Å². The molecular formula is C13H19N5. The van der Waals surface area contributed by atoms with Gasteiger partial charge in [0.2, 0.25) is 0 Å². The van der Waals surface area contributed by atoms with Gasteiger partial charge in [-0.15, -0.1) is 0 Å². The van der Waals surface area contributed by atoms with E-state index < -0.39 is 0 Å². The maximum Gasteiger partial charge on any atom is 0.188 e. The monoisotopic (exact) mass is 245 g/mol. The molecule has 4 N–H and O–H groups in total. The molecule has 1 aromatic carbocycles. The second-order valence-corrected chi connectivity index (χ2v) is 4.52. The van der Waals surface area contributed by atoms with Gasteiger partial charge in [0, 0.05) is 19.0 Å². The summed E-state index contributed by atoms with van der Waals surface area (Å²) in [6.45, 7) is 4.69. The van der Waals surface area contributed by atoms with E-state index >= 15 is 0 Å². The zero-order valence-corrected chi connectivity index (χ0v) is 10.8. The highest BCUT2D eigenvalue weighted by Crippen LogP contribution is 2.10. The number of guanidine groups is 1. The van der Waals surface area contributed by atoms with Gasteiger partial charge in [0.15, 0.2) is 5.96 Å². The lowest BCUT2D eigenvalue weighted by molar-refractivity contribution is 0.722. The second-order valence-electron chi connectivity index (χ2n) is 4.52. The molecule has 0 aliphatic rings. The number of benzene rings is 1. The second kappa shape index (κ2) is 5.53. The Morgan fingerprint density at radius 1 is 1.44 bits per heavy atom. The Kier molecular flexibility index (Phi) is 3.82.